The summed E-state index contributed by atoms with van der Waals surface area (Å²) < 4.78 is 25.1. The minimum atomic E-state index is -4.10. The number of sulfone groups is 1. The number of nitrogens with zero attached hydrogens (tertiary/aromatic N) is 4. The van der Waals surface area contributed by atoms with Crippen molar-refractivity contribution < 1.29 is 28.0 Å². The molecule has 0 aliphatic rings. The Bertz CT molecular complexity index is 1420. The lowest BCUT2D eigenvalue weighted by molar-refractivity contribution is -0.394. The number of amides is 1. The van der Waals surface area contributed by atoms with Crippen LogP contribution in [-0.2, 0) is 9.84 Å². The zero-order chi connectivity index (χ0) is 24.5. The van der Waals surface area contributed by atoms with Crippen LogP contribution in [0.25, 0.3) is 0 Å². The molecule has 33 heavy (non-hydrogen) atoms. The van der Waals surface area contributed by atoms with Crippen molar-refractivity contribution >= 4 is 49.3 Å². The minimum Gasteiger partial charge on any atom is -0.298 e. The van der Waals surface area contributed by atoms with Crippen molar-refractivity contribution in [3.63, 3.8) is 0 Å². The quantitative estimate of drug-likeness (QED) is 0.375. The number of nitro benzene ring substituents is 3. The Morgan fingerprint density at radius 2 is 1.58 bits per heavy atom. The van der Waals surface area contributed by atoms with Crippen LogP contribution in [0, 0.1) is 37.3 Å². The molecule has 0 bridgehead atoms. The Morgan fingerprint density at radius 3 is 2.12 bits per heavy atom. The van der Waals surface area contributed by atoms with E-state index in [0.717, 1.165) is 42.6 Å². The lowest BCUT2D eigenvalue weighted by atomic mass is 10.0. The molecule has 170 valence electrons. The highest BCUT2D eigenvalue weighted by atomic mass is 32.2. The average Bonchev–Trinajstić information content (AvgIpc) is 3.22. The first-order chi connectivity index (χ1) is 15.4. The summed E-state index contributed by atoms with van der Waals surface area (Å²) in [6.45, 7) is 1.24. The number of anilines is 1. The van der Waals surface area contributed by atoms with Gasteiger partial charge in [-0.05, 0) is 19.1 Å². The van der Waals surface area contributed by atoms with E-state index < -0.39 is 41.9 Å². The van der Waals surface area contributed by atoms with Crippen molar-refractivity contribution in [3.8, 4) is 0 Å². The molecule has 14 nitrogen and oxygen atoms in total. The van der Waals surface area contributed by atoms with Gasteiger partial charge in [0.25, 0.3) is 23.0 Å². The molecular formula is C17H11N5O9S2. The molecule has 1 aromatic heterocycles. The predicted molar refractivity (Wildman–Crippen MR) is 113 cm³/mol. The average molecular weight is 493 g/mol. The van der Waals surface area contributed by atoms with Gasteiger partial charge >= 0.3 is 0 Å². The standard InChI is InChI=1S/C17H11N5O9S2/c1-9-13(6-11(21(26)27)7-14(9)22(28)29)16(23)19-17-18-8-15(32-17)33(30,31)12-4-2-10(3-5-12)20(24)25/h2-8H,1H3,(H,18,19,23). The van der Waals surface area contributed by atoms with Crippen molar-refractivity contribution in [1.82, 2.24) is 4.98 Å². The van der Waals surface area contributed by atoms with Gasteiger partial charge in [0.15, 0.2) is 5.13 Å². The molecule has 0 saturated carbocycles. The number of rotatable bonds is 7. The number of hydrogen-bond acceptors (Lipinski definition) is 11. The lowest BCUT2D eigenvalue weighted by Crippen LogP contribution is -2.14. The molecular weight excluding hydrogens is 482 g/mol. The molecule has 0 fully saturated rings. The number of benzene rings is 2. The molecule has 0 saturated heterocycles. The number of hydrogen-bond donors (Lipinski definition) is 1. The van der Waals surface area contributed by atoms with Crippen LogP contribution in [-0.4, -0.2) is 34.1 Å². The fourth-order valence-electron chi connectivity index (χ4n) is 2.68. The Hall–Kier alpha value is -4.31. The smallest absolute Gasteiger partial charge is 0.279 e. The molecule has 1 N–H and O–H groups in total. The summed E-state index contributed by atoms with van der Waals surface area (Å²) in [5.74, 6) is -0.965. The maximum Gasteiger partial charge on any atom is 0.279 e. The summed E-state index contributed by atoms with van der Waals surface area (Å²) >= 11 is 0.562. The number of non-ortho nitro benzene ring substituents is 2. The van der Waals surface area contributed by atoms with Crippen LogP contribution >= 0.6 is 11.3 Å². The van der Waals surface area contributed by atoms with Gasteiger partial charge in [0.05, 0.1) is 37.5 Å². The van der Waals surface area contributed by atoms with E-state index >= 15 is 0 Å². The van der Waals surface area contributed by atoms with Gasteiger partial charge in [-0.3, -0.25) is 40.5 Å². The van der Waals surface area contributed by atoms with E-state index in [-0.39, 0.29) is 31.1 Å². The van der Waals surface area contributed by atoms with Gasteiger partial charge in [0.1, 0.15) is 4.21 Å². The van der Waals surface area contributed by atoms with Crippen molar-refractivity contribution in [3.05, 3.63) is 84.1 Å². The van der Waals surface area contributed by atoms with Gasteiger partial charge in [0.2, 0.25) is 9.84 Å². The molecule has 0 spiro atoms. The highest BCUT2D eigenvalue weighted by Crippen LogP contribution is 2.31. The van der Waals surface area contributed by atoms with Crippen LogP contribution in [0.3, 0.4) is 0 Å². The molecule has 1 amide bonds. The molecule has 1 heterocycles. The van der Waals surface area contributed by atoms with Gasteiger partial charge in [-0.2, -0.15) is 0 Å². The fourth-order valence-corrected chi connectivity index (χ4v) is 5.11. The van der Waals surface area contributed by atoms with E-state index in [1.54, 1.807) is 0 Å². The van der Waals surface area contributed by atoms with Crippen LogP contribution in [0.1, 0.15) is 15.9 Å². The molecule has 0 atom stereocenters. The van der Waals surface area contributed by atoms with Crippen molar-refractivity contribution in [2.45, 2.75) is 16.0 Å². The zero-order valence-corrected chi connectivity index (χ0v) is 18.0. The van der Waals surface area contributed by atoms with E-state index in [0.29, 0.717) is 11.3 Å². The van der Waals surface area contributed by atoms with Gasteiger partial charge in [-0.25, -0.2) is 13.4 Å². The summed E-state index contributed by atoms with van der Waals surface area (Å²) in [5, 5.41) is 35.0. The number of nitro groups is 3. The molecule has 16 heteroatoms. The van der Waals surface area contributed by atoms with E-state index in [2.05, 4.69) is 10.3 Å². The monoisotopic (exact) mass is 493 g/mol. The molecule has 2 aromatic carbocycles. The third kappa shape index (κ3) is 4.65. The first-order valence-corrected chi connectivity index (χ1v) is 10.9. The molecule has 3 aromatic rings. The number of carbonyl (C=O) groups excluding carboxylic acids is 1. The molecule has 0 aliphatic heterocycles. The maximum absolute atomic E-state index is 12.7. The number of thiazole rings is 1. The molecule has 0 radical (unpaired) electrons. The SMILES string of the molecule is Cc1c(C(=O)Nc2ncc(S(=O)(=O)c3ccc([N+](=O)[O-])cc3)s2)cc([N+](=O)[O-])cc1[N+](=O)[O-]. The summed E-state index contributed by atoms with van der Waals surface area (Å²) in [6.07, 6.45) is 0.958. The highest BCUT2D eigenvalue weighted by molar-refractivity contribution is 7.93. The van der Waals surface area contributed by atoms with Gasteiger partial charge in [0, 0.05) is 23.8 Å². The van der Waals surface area contributed by atoms with E-state index in [4.69, 9.17) is 0 Å². The van der Waals surface area contributed by atoms with Crippen molar-refractivity contribution in [2.75, 3.05) is 5.32 Å². The van der Waals surface area contributed by atoms with Crippen LogP contribution in [0.15, 0.2) is 51.7 Å². The molecule has 3 rings (SSSR count). The Morgan fingerprint density at radius 1 is 0.970 bits per heavy atom. The topological polar surface area (TPSA) is 206 Å². The first-order valence-electron chi connectivity index (χ1n) is 8.62. The third-order valence-electron chi connectivity index (χ3n) is 4.34. The largest absolute Gasteiger partial charge is 0.298 e. The molecule has 0 unspecified atom stereocenters. The van der Waals surface area contributed by atoms with E-state index in [1.807, 2.05) is 0 Å². The van der Waals surface area contributed by atoms with Crippen molar-refractivity contribution in [1.29, 1.82) is 0 Å². The second-order valence-corrected chi connectivity index (χ2v) is 9.55. The Balaban J connectivity index is 1.90. The van der Waals surface area contributed by atoms with Crippen LogP contribution < -0.4 is 5.32 Å². The number of nitrogens with one attached hydrogen (secondary N) is 1. The van der Waals surface area contributed by atoms with Crippen molar-refractivity contribution in [2.24, 2.45) is 0 Å². The third-order valence-corrected chi connectivity index (χ3v) is 7.49. The van der Waals surface area contributed by atoms with E-state index in [1.165, 1.54) is 6.92 Å². The van der Waals surface area contributed by atoms with Gasteiger partial charge in [-0.15, -0.1) is 0 Å². The van der Waals surface area contributed by atoms with E-state index in [9.17, 15) is 43.6 Å². The Labute approximate surface area is 187 Å². The second kappa shape index (κ2) is 8.67. The maximum atomic E-state index is 12.7. The lowest BCUT2D eigenvalue weighted by Gasteiger charge is -2.06. The minimum absolute atomic E-state index is 0.126. The summed E-state index contributed by atoms with van der Waals surface area (Å²) in [5.41, 5.74) is -2.08. The highest BCUT2D eigenvalue weighted by Gasteiger charge is 2.26. The van der Waals surface area contributed by atoms with Gasteiger partial charge in [-0.1, -0.05) is 11.3 Å². The first kappa shape index (κ1) is 23.4. The van der Waals surface area contributed by atoms with Gasteiger partial charge < -0.3 is 0 Å². The molecule has 0 aliphatic carbocycles. The summed E-state index contributed by atoms with van der Waals surface area (Å²) in [6, 6.07) is 5.74. The second-order valence-electron chi connectivity index (χ2n) is 6.34. The predicted octanol–water partition coefficient (Wildman–Crippen LogP) is 3.26. The fraction of sp³-hybridized carbons (Fsp3) is 0.0588. The Kier molecular flexibility index (Phi) is 6.14. The normalized spacial score (nSPS) is 11.1. The van der Waals surface area contributed by atoms with Crippen LogP contribution in [0.5, 0.6) is 0 Å². The summed E-state index contributed by atoms with van der Waals surface area (Å²) in [7, 11) is -4.10. The van der Waals surface area contributed by atoms with Crippen LogP contribution in [0.4, 0.5) is 22.2 Å². The van der Waals surface area contributed by atoms with Crippen LogP contribution in [0.2, 0.25) is 0 Å². The number of carbonyl (C=O) groups is 1. The summed E-state index contributed by atoms with van der Waals surface area (Å²) in [4.78, 5) is 46.7. The number of aromatic nitrogens is 1. The zero-order valence-electron chi connectivity index (χ0n) is 16.3.